The van der Waals surface area contributed by atoms with Crippen molar-refractivity contribution in [3.8, 4) is 0 Å². The average Bonchev–Trinajstić information content (AvgIpc) is 2.40. The highest BCUT2D eigenvalue weighted by Crippen LogP contribution is 2.32. The summed E-state index contributed by atoms with van der Waals surface area (Å²) in [4.78, 5) is 0. The standard InChI is InChI=1S/C16H24BrNO/c1-12-4-3-7-16(9-12,11-19)18-10-14-6-5-13(2)15(17)8-14/h5-6,8,12,18-19H,3-4,7,9-11H2,1-2H3. The third-order valence-corrected chi connectivity index (χ3v) is 5.15. The third-order valence-electron chi connectivity index (χ3n) is 4.30. The van der Waals surface area contributed by atoms with Crippen LogP contribution in [-0.2, 0) is 6.54 Å². The van der Waals surface area contributed by atoms with Gasteiger partial charge in [0.15, 0.2) is 0 Å². The van der Waals surface area contributed by atoms with Crippen LogP contribution in [0.5, 0.6) is 0 Å². The maximum atomic E-state index is 9.76. The Morgan fingerprint density at radius 3 is 2.89 bits per heavy atom. The summed E-state index contributed by atoms with van der Waals surface area (Å²) in [5.41, 5.74) is 2.45. The van der Waals surface area contributed by atoms with Gasteiger partial charge in [-0.3, -0.25) is 0 Å². The summed E-state index contributed by atoms with van der Waals surface area (Å²) >= 11 is 3.57. The van der Waals surface area contributed by atoms with Crippen LogP contribution in [0.4, 0.5) is 0 Å². The molecule has 3 heteroatoms. The molecule has 1 aliphatic carbocycles. The van der Waals surface area contributed by atoms with E-state index in [9.17, 15) is 5.11 Å². The molecule has 1 fully saturated rings. The van der Waals surface area contributed by atoms with Crippen LogP contribution < -0.4 is 5.32 Å². The zero-order valence-electron chi connectivity index (χ0n) is 11.9. The minimum Gasteiger partial charge on any atom is -0.394 e. The quantitative estimate of drug-likeness (QED) is 0.882. The van der Waals surface area contributed by atoms with Gasteiger partial charge in [-0.2, -0.15) is 0 Å². The number of aryl methyl sites for hydroxylation is 1. The van der Waals surface area contributed by atoms with Gasteiger partial charge in [0.05, 0.1) is 6.61 Å². The number of aliphatic hydroxyl groups is 1. The molecule has 0 heterocycles. The van der Waals surface area contributed by atoms with Gasteiger partial charge in [-0.1, -0.05) is 47.8 Å². The van der Waals surface area contributed by atoms with E-state index in [1.165, 1.54) is 24.0 Å². The SMILES string of the molecule is Cc1ccc(CNC2(CO)CCCC(C)C2)cc1Br. The van der Waals surface area contributed by atoms with E-state index in [0.717, 1.165) is 23.9 Å². The summed E-state index contributed by atoms with van der Waals surface area (Å²) < 4.78 is 1.15. The van der Waals surface area contributed by atoms with E-state index in [4.69, 9.17) is 0 Å². The lowest BCUT2D eigenvalue weighted by Crippen LogP contribution is -2.51. The zero-order valence-corrected chi connectivity index (χ0v) is 13.5. The fourth-order valence-corrected chi connectivity index (χ4v) is 3.48. The van der Waals surface area contributed by atoms with Crippen LogP contribution in [0.1, 0.15) is 43.7 Å². The molecule has 0 aromatic heterocycles. The van der Waals surface area contributed by atoms with E-state index < -0.39 is 0 Å². The first-order valence-corrected chi connectivity index (χ1v) is 7.95. The van der Waals surface area contributed by atoms with E-state index in [2.05, 4.69) is 53.3 Å². The molecule has 19 heavy (non-hydrogen) atoms. The summed E-state index contributed by atoms with van der Waals surface area (Å²) in [6.07, 6.45) is 4.67. The number of halogens is 1. The molecule has 2 rings (SSSR count). The first-order chi connectivity index (χ1) is 9.04. The van der Waals surface area contributed by atoms with Gasteiger partial charge in [-0.15, -0.1) is 0 Å². The lowest BCUT2D eigenvalue weighted by atomic mass is 9.77. The monoisotopic (exact) mass is 325 g/mol. The first kappa shape index (κ1) is 15.0. The minimum atomic E-state index is -0.0744. The van der Waals surface area contributed by atoms with Crippen molar-refractivity contribution < 1.29 is 5.11 Å². The Bertz CT molecular complexity index is 435. The molecular formula is C16H24BrNO. The summed E-state index contributed by atoms with van der Waals surface area (Å²) in [6, 6.07) is 6.46. The fourth-order valence-electron chi connectivity index (χ4n) is 3.06. The van der Waals surface area contributed by atoms with Crippen LogP contribution in [0.25, 0.3) is 0 Å². The van der Waals surface area contributed by atoms with E-state index in [0.29, 0.717) is 5.92 Å². The van der Waals surface area contributed by atoms with Crippen LogP contribution in [0.3, 0.4) is 0 Å². The molecule has 0 saturated heterocycles. The summed E-state index contributed by atoms with van der Waals surface area (Å²) in [7, 11) is 0. The van der Waals surface area contributed by atoms with E-state index in [1.54, 1.807) is 0 Å². The number of hydrogen-bond acceptors (Lipinski definition) is 2. The second-order valence-electron chi connectivity index (χ2n) is 6.08. The Labute approximate surface area is 124 Å². The molecule has 2 nitrogen and oxygen atoms in total. The molecule has 0 radical (unpaired) electrons. The van der Waals surface area contributed by atoms with Crippen LogP contribution >= 0.6 is 15.9 Å². The molecule has 2 unspecified atom stereocenters. The molecule has 0 amide bonds. The fraction of sp³-hybridized carbons (Fsp3) is 0.625. The van der Waals surface area contributed by atoms with Gasteiger partial charge in [0.1, 0.15) is 0 Å². The van der Waals surface area contributed by atoms with Crippen molar-refractivity contribution in [2.24, 2.45) is 5.92 Å². The molecule has 106 valence electrons. The van der Waals surface area contributed by atoms with Crippen molar-refractivity contribution in [3.63, 3.8) is 0 Å². The Morgan fingerprint density at radius 1 is 1.47 bits per heavy atom. The van der Waals surface area contributed by atoms with E-state index in [1.807, 2.05) is 0 Å². The van der Waals surface area contributed by atoms with Gasteiger partial charge in [0.25, 0.3) is 0 Å². The highest BCUT2D eigenvalue weighted by molar-refractivity contribution is 9.10. The van der Waals surface area contributed by atoms with Gasteiger partial charge in [-0.05, 0) is 42.9 Å². The van der Waals surface area contributed by atoms with Gasteiger partial charge in [0.2, 0.25) is 0 Å². The molecule has 2 N–H and O–H groups in total. The highest BCUT2D eigenvalue weighted by Gasteiger charge is 2.33. The number of rotatable bonds is 4. The number of hydrogen-bond donors (Lipinski definition) is 2. The summed E-state index contributed by atoms with van der Waals surface area (Å²) in [5.74, 6) is 0.707. The Morgan fingerprint density at radius 2 is 2.26 bits per heavy atom. The summed E-state index contributed by atoms with van der Waals surface area (Å²) in [5, 5.41) is 13.4. The van der Waals surface area contributed by atoms with Crippen molar-refractivity contribution in [1.82, 2.24) is 5.32 Å². The predicted octanol–water partition coefficient (Wildman–Crippen LogP) is 3.79. The molecule has 0 aliphatic heterocycles. The number of aliphatic hydroxyl groups excluding tert-OH is 1. The van der Waals surface area contributed by atoms with E-state index >= 15 is 0 Å². The topological polar surface area (TPSA) is 32.3 Å². The van der Waals surface area contributed by atoms with Gasteiger partial charge in [-0.25, -0.2) is 0 Å². The largest absolute Gasteiger partial charge is 0.394 e. The lowest BCUT2D eigenvalue weighted by Gasteiger charge is -2.39. The normalized spacial score (nSPS) is 27.5. The van der Waals surface area contributed by atoms with Crippen molar-refractivity contribution in [2.45, 2.75) is 51.6 Å². The van der Waals surface area contributed by atoms with Crippen molar-refractivity contribution in [1.29, 1.82) is 0 Å². The van der Waals surface area contributed by atoms with Gasteiger partial charge < -0.3 is 10.4 Å². The smallest absolute Gasteiger partial charge is 0.0613 e. The molecular weight excluding hydrogens is 302 g/mol. The van der Waals surface area contributed by atoms with Crippen molar-refractivity contribution in [3.05, 3.63) is 33.8 Å². The Hall–Kier alpha value is -0.380. The Balaban J connectivity index is 2.01. The molecule has 1 aliphatic rings. The highest BCUT2D eigenvalue weighted by atomic mass is 79.9. The molecule has 0 bridgehead atoms. The Kier molecular flexibility index (Phi) is 5.04. The zero-order chi connectivity index (χ0) is 13.9. The molecule has 2 atom stereocenters. The van der Waals surface area contributed by atoms with Crippen LogP contribution in [0, 0.1) is 12.8 Å². The number of nitrogens with one attached hydrogen (secondary N) is 1. The minimum absolute atomic E-state index is 0.0744. The molecule has 1 aromatic carbocycles. The predicted molar refractivity (Wildman–Crippen MR) is 83.2 cm³/mol. The van der Waals surface area contributed by atoms with Gasteiger partial charge in [0, 0.05) is 16.6 Å². The van der Waals surface area contributed by atoms with Crippen LogP contribution in [-0.4, -0.2) is 17.3 Å². The van der Waals surface area contributed by atoms with Crippen molar-refractivity contribution >= 4 is 15.9 Å². The lowest BCUT2D eigenvalue weighted by molar-refractivity contribution is 0.0982. The molecule has 1 saturated carbocycles. The molecule has 0 spiro atoms. The maximum Gasteiger partial charge on any atom is 0.0613 e. The van der Waals surface area contributed by atoms with Crippen LogP contribution in [0.15, 0.2) is 22.7 Å². The second kappa shape index (κ2) is 6.38. The summed E-state index contributed by atoms with van der Waals surface area (Å²) in [6.45, 7) is 5.45. The third kappa shape index (κ3) is 3.80. The average molecular weight is 326 g/mol. The van der Waals surface area contributed by atoms with Crippen molar-refractivity contribution in [2.75, 3.05) is 6.61 Å². The number of benzene rings is 1. The second-order valence-corrected chi connectivity index (χ2v) is 6.93. The van der Waals surface area contributed by atoms with Crippen LogP contribution in [0.2, 0.25) is 0 Å². The molecule has 1 aromatic rings. The first-order valence-electron chi connectivity index (χ1n) is 7.15. The van der Waals surface area contributed by atoms with E-state index in [-0.39, 0.29) is 12.1 Å². The maximum absolute atomic E-state index is 9.76. The van der Waals surface area contributed by atoms with Gasteiger partial charge >= 0.3 is 0 Å².